The average molecular weight is 561 g/mol. The number of fused-ring (bicyclic) bond motifs is 1. The number of ether oxygens (including phenoxy) is 2. The first-order valence-corrected chi connectivity index (χ1v) is 13.4. The second-order valence-corrected chi connectivity index (χ2v) is 9.47. The van der Waals surface area contributed by atoms with Crippen molar-refractivity contribution < 1.29 is 23.0 Å². The number of aromatic amines is 1. The highest BCUT2D eigenvalue weighted by Gasteiger charge is 2.18. The lowest BCUT2D eigenvalue weighted by Gasteiger charge is -2.19. The molecule has 7 nitrogen and oxygen atoms in total. The minimum absolute atomic E-state index is 0.0579. The highest BCUT2D eigenvalue weighted by Crippen LogP contribution is 2.39. The number of hydrogen-bond donors (Lipinski definition) is 2. The fourth-order valence-electron chi connectivity index (χ4n) is 4.48. The smallest absolute Gasteiger partial charge is 0.387 e. The molecule has 0 aliphatic heterocycles. The van der Waals surface area contributed by atoms with E-state index in [1.165, 1.54) is 11.0 Å². The lowest BCUT2D eigenvalue weighted by Crippen LogP contribution is -2.22. The maximum atomic E-state index is 13.3. The molecule has 0 spiro atoms. The molecule has 0 saturated carbocycles. The Labute approximate surface area is 238 Å². The molecule has 41 heavy (non-hydrogen) atoms. The molecule has 0 saturated heterocycles. The van der Waals surface area contributed by atoms with Gasteiger partial charge >= 0.3 is 6.61 Å². The van der Waals surface area contributed by atoms with Crippen LogP contribution >= 0.6 is 0 Å². The van der Waals surface area contributed by atoms with E-state index < -0.39 is 6.61 Å². The van der Waals surface area contributed by atoms with Crippen molar-refractivity contribution in [2.75, 3.05) is 33.8 Å². The molecule has 1 aromatic heterocycles. The van der Waals surface area contributed by atoms with E-state index in [4.69, 9.17) is 9.47 Å². The number of nitrogens with zero attached hydrogens (tertiary/aromatic N) is 2. The summed E-state index contributed by atoms with van der Waals surface area (Å²) in [4.78, 5) is 13.1. The first-order valence-electron chi connectivity index (χ1n) is 13.4. The summed E-state index contributed by atoms with van der Waals surface area (Å²) in [5.74, 6) is 0.783. The van der Waals surface area contributed by atoms with E-state index in [-0.39, 0.29) is 11.7 Å². The summed E-state index contributed by atoms with van der Waals surface area (Å²) in [5, 5.41) is 11.3. The predicted octanol–water partition coefficient (Wildman–Crippen LogP) is 6.15. The van der Waals surface area contributed by atoms with E-state index in [9.17, 15) is 13.6 Å². The third-order valence-corrected chi connectivity index (χ3v) is 6.47. The third-order valence-electron chi connectivity index (χ3n) is 6.47. The molecule has 0 aliphatic carbocycles. The van der Waals surface area contributed by atoms with E-state index in [1.807, 2.05) is 61.5 Å². The van der Waals surface area contributed by atoms with Gasteiger partial charge in [0.2, 0.25) is 5.91 Å². The fourth-order valence-corrected chi connectivity index (χ4v) is 4.48. The van der Waals surface area contributed by atoms with Gasteiger partial charge in [0.25, 0.3) is 0 Å². The summed E-state index contributed by atoms with van der Waals surface area (Å²) in [6, 6.07) is 20.6. The molecule has 4 aromatic rings. The number of aromatic nitrogens is 2. The summed E-state index contributed by atoms with van der Waals surface area (Å²) in [5.41, 5.74) is 5.16. The molecule has 0 atom stereocenters. The number of rotatable bonds is 13. The minimum Gasteiger partial charge on any atom is -0.492 e. The van der Waals surface area contributed by atoms with Crippen LogP contribution in [-0.4, -0.2) is 61.4 Å². The number of para-hydroxylation sites is 1. The number of carbonyl (C=O) groups excluding carboxylic acids is 1. The van der Waals surface area contributed by atoms with Crippen LogP contribution in [0.4, 0.5) is 8.78 Å². The van der Waals surface area contributed by atoms with Gasteiger partial charge in [-0.05, 0) is 59.0 Å². The van der Waals surface area contributed by atoms with Gasteiger partial charge in [-0.3, -0.25) is 9.89 Å². The largest absolute Gasteiger partial charge is 0.492 e. The lowest BCUT2D eigenvalue weighted by atomic mass is 9.87. The second-order valence-electron chi connectivity index (χ2n) is 9.47. The fraction of sp³-hybridized carbons (Fsp3) is 0.250. The zero-order chi connectivity index (χ0) is 29.2. The van der Waals surface area contributed by atoms with E-state index in [2.05, 4.69) is 15.5 Å². The van der Waals surface area contributed by atoms with Crippen molar-refractivity contribution >= 4 is 28.0 Å². The minimum atomic E-state index is -2.93. The van der Waals surface area contributed by atoms with Gasteiger partial charge in [-0.15, -0.1) is 0 Å². The highest BCUT2D eigenvalue weighted by molar-refractivity contribution is 6.01. The predicted molar refractivity (Wildman–Crippen MR) is 158 cm³/mol. The van der Waals surface area contributed by atoms with Crippen LogP contribution in [0.25, 0.3) is 22.0 Å². The summed E-state index contributed by atoms with van der Waals surface area (Å²) >= 11 is 0. The summed E-state index contributed by atoms with van der Waals surface area (Å²) in [6.45, 7) is 0.697. The molecule has 214 valence electrons. The van der Waals surface area contributed by atoms with E-state index in [0.717, 1.165) is 33.2 Å². The molecule has 3 aromatic carbocycles. The molecule has 0 radical (unpaired) electrons. The maximum absolute atomic E-state index is 13.3. The molecule has 0 aliphatic rings. The van der Waals surface area contributed by atoms with Crippen LogP contribution < -0.4 is 14.8 Å². The SMILES string of the molecule is CCC(=C(c1ccc(OCCNCC=CC(=O)N(C)C)cc1)c1ccc2[nH]ncc2c1)c1ccccc1OC(F)F. The van der Waals surface area contributed by atoms with Crippen LogP contribution in [0, 0.1) is 0 Å². The molecule has 0 bridgehead atoms. The number of alkyl halides is 2. The number of likely N-dealkylation sites (N-methyl/N-ethyl adjacent to an activating group) is 1. The molecule has 1 amide bonds. The molecule has 4 rings (SSSR count). The standard InChI is InChI=1S/C32H34F2N4O3/c1-4-26(27-8-5-6-9-29(27)41-32(33)34)31(23-13-16-28-24(20-23)21-36-37-28)22-11-14-25(15-12-22)40-19-18-35-17-7-10-30(39)38(2)3/h5-16,20-21,32,35H,4,17-19H2,1-3H3,(H,36,37). The van der Waals surface area contributed by atoms with Gasteiger partial charge in [0.1, 0.15) is 18.1 Å². The number of carbonyl (C=O) groups is 1. The normalized spacial score (nSPS) is 12.1. The molecule has 2 N–H and O–H groups in total. The van der Waals surface area contributed by atoms with E-state index in [0.29, 0.717) is 37.4 Å². The Morgan fingerprint density at radius 1 is 1.07 bits per heavy atom. The molecule has 0 fully saturated rings. The number of allylic oxidation sites excluding steroid dienone is 1. The van der Waals surface area contributed by atoms with Crippen molar-refractivity contribution in [3.63, 3.8) is 0 Å². The third kappa shape index (κ3) is 7.79. The summed E-state index contributed by atoms with van der Waals surface area (Å²) in [7, 11) is 3.42. The zero-order valence-corrected chi connectivity index (χ0v) is 23.4. The first-order chi connectivity index (χ1) is 19.9. The maximum Gasteiger partial charge on any atom is 0.387 e. The van der Waals surface area contributed by atoms with Gasteiger partial charge in [-0.1, -0.05) is 49.4 Å². The number of nitrogens with one attached hydrogen (secondary N) is 2. The van der Waals surface area contributed by atoms with Gasteiger partial charge in [-0.25, -0.2) is 0 Å². The van der Waals surface area contributed by atoms with Gasteiger partial charge in [-0.2, -0.15) is 13.9 Å². The van der Waals surface area contributed by atoms with Gasteiger partial charge < -0.3 is 19.7 Å². The van der Waals surface area contributed by atoms with Crippen molar-refractivity contribution in [3.05, 3.63) is 102 Å². The Bertz CT molecular complexity index is 1510. The van der Waals surface area contributed by atoms with Crippen LogP contribution in [-0.2, 0) is 4.79 Å². The van der Waals surface area contributed by atoms with Crippen LogP contribution in [0.15, 0.2) is 85.1 Å². The lowest BCUT2D eigenvalue weighted by molar-refractivity contribution is -0.123. The second kappa shape index (κ2) is 14.2. The molecular formula is C32H34F2N4O3. The quantitative estimate of drug-likeness (QED) is 0.117. The summed E-state index contributed by atoms with van der Waals surface area (Å²) < 4.78 is 37.3. The zero-order valence-electron chi connectivity index (χ0n) is 23.4. The average Bonchev–Trinajstić information content (AvgIpc) is 3.44. The molecule has 9 heteroatoms. The number of hydrogen-bond acceptors (Lipinski definition) is 5. The number of amides is 1. The van der Waals surface area contributed by atoms with Crippen LogP contribution in [0.1, 0.15) is 30.0 Å². The summed E-state index contributed by atoms with van der Waals surface area (Å²) in [6.07, 6.45) is 5.66. The van der Waals surface area contributed by atoms with Crippen molar-refractivity contribution in [2.24, 2.45) is 0 Å². The topological polar surface area (TPSA) is 79.5 Å². The van der Waals surface area contributed by atoms with Gasteiger partial charge in [0.15, 0.2) is 0 Å². The highest BCUT2D eigenvalue weighted by atomic mass is 19.3. The Kier molecular flexibility index (Phi) is 10.2. The first kappa shape index (κ1) is 29.5. The number of halogens is 2. The van der Waals surface area contributed by atoms with Crippen molar-refractivity contribution in [1.29, 1.82) is 0 Å². The Morgan fingerprint density at radius 2 is 1.83 bits per heavy atom. The van der Waals surface area contributed by atoms with Gasteiger partial charge in [0, 0.05) is 44.2 Å². The van der Waals surface area contributed by atoms with Crippen molar-refractivity contribution in [2.45, 2.75) is 20.0 Å². The van der Waals surface area contributed by atoms with Gasteiger partial charge in [0.05, 0.1) is 11.7 Å². The Balaban J connectivity index is 1.59. The van der Waals surface area contributed by atoms with Crippen molar-refractivity contribution in [1.82, 2.24) is 20.4 Å². The molecule has 0 unspecified atom stereocenters. The molecular weight excluding hydrogens is 526 g/mol. The van der Waals surface area contributed by atoms with Crippen LogP contribution in [0.3, 0.4) is 0 Å². The molecule has 1 heterocycles. The monoisotopic (exact) mass is 560 g/mol. The Hall–Kier alpha value is -4.50. The van der Waals surface area contributed by atoms with Crippen LogP contribution in [0.2, 0.25) is 0 Å². The number of benzene rings is 3. The van der Waals surface area contributed by atoms with Crippen molar-refractivity contribution in [3.8, 4) is 11.5 Å². The van der Waals surface area contributed by atoms with E-state index in [1.54, 1.807) is 38.5 Å². The van der Waals surface area contributed by atoms with E-state index >= 15 is 0 Å². The van der Waals surface area contributed by atoms with Crippen LogP contribution in [0.5, 0.6) is 11.5 Å². The Morgan fingerprint density at radius 3 is 2.56 bits per heavy atom. The number of H-pyrrole nitrogens is 1.